The Morgan fingerprint density at radius 1 is 1.08 bits per heavy atom. The maximum absolute atomic E-state index is 13.6. The van der Waals surface area contributed by atoms with E-state index in [0.717, 1.165) is 18.6 Å². The molecule has 0 spiro atoms. The third-order valence-electron chi connectivity index (χ3n) is 4.02. The minimum atomic E-state index is -0.851. The first-order chi connectivity index (χ1) is 11.4. The fourth-order valence-electron chi connectivity index (χ4n) is 2.45. The van der Waals surface area contributed by atoms with Crippen molar-refractivity contribution in [1.29, 1.82) is 0 Å². The Balaban J connectivity index is 1.70. The van der Waals surface area contributed by atoms with Gasteiger partial charge in [-0.1, -0.05) is 13.0 Å². The number of hydrogen-bond acceptors (Lipinski definition) is 2. The average molecular weight is 330 g/mol. The highest BCUT2D eigenvalue weighted by atomic mass is 19.1. The fourth-order valence-corrected chi connectivity index (χ4v) is 2.45. The van der Waals surface area contributed by atoms with Crippen LogP contribution in [0, 0.1) is 23.5 Å². The molecule has 1 saturated carbocycles. The van der Waals surface area contributed by atoms with Gasteiger partial charge in [-0.05, 0) is 42.7 Å². The zero-order valence-electron chi connectivity index (χ0n) is 13.0. The molecule has 0 radical (unpaired) electrons. The highest BCUT2D eigenvalue weighted by Gasteiger charge is 2.39. The largest absolute Gasteiger partial charge is 0.326 e. The lowest BCUT2D eigenvalue weighted by molar-refractivity contribution is -0.117. The van der Waals surface area contributed by atoms with Crippen LogP contribution in [0.3, 0.4) is 0 Å². The van der Waals surface area contributed by atoms with Gasteiger partial charge in [0.1, 0.15) is 11.6 Å². The Hall–Kier alpha value is -2.76. The second kappa shape index (κ2) is 6.39. The summed E-state index contributed by atoms with van der Waals surface area (Å²) in [6, 6.07) is 9.29. The number of nitrogens with one attached hydrogen (secondary N) is 2. The first-order valence-electron chi connectivity index (χ1n) is 7.61. The van der Waals surface area contributed by atoms with Crippen molar-refractivity contribution in [2.45, 2.75) is 13.3 Å². The summed E-state index contributed by atoms with van der Waals surface area (Å²) in [7, 11) is 0. The standard InChI is InChI=1S/C18H16F2N2O2/c1-10-7-14(10)18(24)21-13-4-2-3-11(8-13)17(23)22-16-6-5-12(19)9-15(16)20/h2-6,8-10,14H,7H2,1H3,(H,21,24)(H,22,23)/t10-,14+/m1/s1. The Morgan fingerprint density at radius 2 is 1.83 bits per heavy atom. The number of amides is 2. The van der Waals surface area contributed by atoms with E-state index < -0.39 is 17.5 Å². The molecule has 0 heterocycles. The van der Waals surface area contributed by atoms with Gasteiger partial charge in [-0.3, -0.25) is 9.59 Å². The monoisotopic (exact) mass is 330 g/mol. The van der Waals surface area contributed by atoms with Crippen LogP contribution in [0.1, 0.15) is 23.7 Å². The number of halogens is 2. The van der Waals surface area contributed by atoms with Crippen molar-refractivity contribution in [3.63, 3.8) is 0 Å². The highest BCUT2D eigenvalue weighted by molar-refractivity contribution is 6.05. The van der Waals surface area contributed by atoms with Crippen molar-refractivity contribution in [2.24, 2.45) is 11.8 Å². The maximum Gasteiger partial charge on any atom is 0.255 e. The molecule has 4 nitrogen and oxygen atoms in total. The smallest absolute Gasteiger partial charge is 0.255 e. The number of carbonyl (C=O) groups excluding carboxylic acids is 2. The lowest BCUT2D eigenvalue weighted by Crippen LogP contribution is -2.16. The Morgan fingerprint density at radius 3 is 2.50 bits per heavy atom. The van der Waals surface area contributed by atoms with Crippen LogP contribution in [0.5, 0.6) is 0 Å². The second-order valence-corrected chi connectivity index (χ2v) is 5.97. The summed E-state index contributed by atoms with van der Waals surface area (Å²) in [6.45, 7) is 2.01. The van der Waals surface area contributed by atoms with Crippen LogP contribution >= 0.6 is 0 Å². The van der Waals surface area contributed by atoms with Crippen LogP contribution in [-0.2, 0) is 4.79 Å². The van der Waals surface area contributed by atoms with E-state index in [1.165, 1.54) is 6.07 Å². The summed E-state index contributed by atoms with van der Waals surface area (Å²) in [6.07, 6.45) is 0.871. The van der Waals surface area contributed by atoms with Crippen LogP contribution < -0.4 is 10.6 Å². The molecule has 3 rings (SSSR count). The van der Waals surface area contributed by atoms with E-state index in [1.54, 1.807) is 18.2 Å². The topological polar surface area (TPSA) is 58.2 Å². The van der Waals surface area contributed by atoms with Gasteiger partial charge in [-0.15, -0.1) is 0 Å². The van der Waals surface area contributed by atoms with Gasteiger partial charge >= 0.3 is 0 Å². The molecule has 0 aliphatic heterocycles. The van der Waals surface area contributed by atoms with E-state index in [0.29, 0.717) is 17.7 Å². The van der Waals surface area contributed by atoms with Crippen LogP contribution in [0.15, 0.2) is 42.5 Å². The number of carbonyl (C=O) groups is 2. The highest BCUT2D eigenvalue weighted by Crippen LogP contribution is 2.38. The summed E-state index contributed by atoms with van der Waals surface area (Å²) in [5.41, 5.74) is 0.661. The quantitative estimate of drug-likeness (QED) is 0.895. The average Bonchev–Trinajstić information content (AvgIpc) is 3.27. The zero-order chi connectivity index (χ0) is 17.3. The minimum Gasteiger partial charge on any atom is -0.326 e. The van der Waals surface area contributed by atoms with E-state index in [2.05, 4.69) is 10.6 Å². The summed E-state index contributed by atoms with van der Waals surface area (Å²) in [4.78, 5) is 24.1. The lowest BCUT2D eigenvalue weighted by Gasteiger charge is -2.09. The number of hydrogen-bond donors (Lipinski definition) is 2. The molecule has 1 fully saturated rings. The predicted molar refractivity (Wildman–Crippen MR) is 86.7 cm³/mol. The van der Waals surface area contributed by atoms with E-state index in [9.17, 15) is 18.4 Å². The normalized spacial score (nSPS) is 18.8. The van der Waals surface area contributed by atoms with Gasteiger partial charge in [0.25, 0.3) is 5.91 Å². The SMILES string of the molecule is C[C@@H]1C[C@@H]1C(=O)Nc1cccc(C(=O)Nc2ccc(F)cc2F)c1. The van der Waals surface area contributed by atoms with Crippen LogP contribution in [0.2, 0.25) is 0 Å². The molecule has 0 bridgehead atoms. The Labute approximate surface area is 137 Å². The lowest BCUT2D eigenvalue weighted by atomic mass is 10.1. The van der Waals surface area contributed by atoms with Crippen LogP contribution in [-0.4, -0.2) is 11.8 Å². The van der Waals surface area contributed by atoms with E-state index in [4.69, 9.17) is 0 Å². The summed E-state index contributed by atoms with van der Waals surface area (Å²) in [5.74, 6) is -1.77. The number of rotatable bonds is 4. The number of benzene rings is 2. The molecule has 0 unspecified atom stereocenters. The van der Waals surface area contributed by atoms with Gasteiger partial charge in [0.2, 0.25) is 5.91 Å². The van der Waals surface area contributed by atoms with Gasteiger partial charge in [0, 0.05) is 23.2 Å². The molecule has 2 N–H and O–H groups in total. The van der Waals surface area contributed by atoms with E-state index >= 15 is 0 Å². The second-order valence-electron chi connectivity index (χ2n) is 5.97. The predicted octanol–water partition coefficient (Wildman–Crippen LogP) is 3.81. The molecular formula is C18H16F2N2O2. The van der Waals surface area contributed by atoms with E-state index in [-0.39, 0.29) is 23.1 Å². The zero-order valence-corrected chi connectivity index (χ0v) is 13.0. The van der Waals surface area contributed by atoms with Crippen molar-refractivity contribution in [3.05, 3.63) is 59.7 Å². The molecular weight excluding hydrogens is 314 g/mol. The van der Waals surface area contributed by atoms with Crippen LogP contribution in [0.25, 0.3) is 0 Å². The van der Waals surface area contributed by atoms with E-state index in [1.807, 2.05) is 6.92 Å². The first kappa shape index (κ1) is 16.1. The van der Waals surface area contributed by atoms with Gasteiger partial charge in [-0.2, -0.15) is 0 Å². The molecule has 2 amide bonds. The molecule has 1 aliphatic carbocycles. The van der Waals surface area contributed by atoms with Crippen molar-refractivity contribution in [3.8, 4) is 0 Å². The fraction of sp³-hybridized carbons (Fsp3) is 0.222. The third kappa shape index (κ3) is 3.59. The number of anilines is 2. The van der Waals surface area contributed by atoms with Crippen molar-refractivity contribution in [2.75, 3.05) is 10.6 Å². The minimum absolute atomic E-state index is 0.0239. The molecule has 2 aromatic rings. The van der Waals surface area contributed by atoms with Gasteiger partial charge < -0.3 is 10.6 Å². The Kier molecular flexibility index (Phi) is 4.29. The molecule has 24 heavy (non-hydrogen) atoms. The summed E-state index contributed by atoms with van der Waals surface area (Å²) >= 11 is 0. The maximum atomic E-state index is 13.6. The molecule has 1 aliphatic rings. The molecule has 0 saturated heterocycles. The van der Waals surface area contributed by atoms with Gasteiger partial charge in [-0.25, -0.2) is 8.78 Å². The summed E-state index contributed by atoms with van der Waals surface area (Å²) in [5, 5.41) is 5.15. The molecule has 2 aromatic carbocycles. The van der Waals surface area contributed by atoms with Crippen LogP contribution in [0.4, 0.5) is 20.2 Å². The molecule has 0 aromatic heterocycles. The Bertz CT molecular complexity index is 807. The third-order valence-corrected chi connectivity index (χ3v) is 4.02. The van der Waals surface area contributed by atoms with Crippen molar-refractivity contribution >= 4 is 23.2 Å². The molecule has 2 atom stereocenters. The first-order valence-corrected chi connectivity index (χ1v) is 7.61. The van der Waals surface area contributed by atoms with Gasteiger partial charge in [0.05, 0.1) is 5.69 Å². The molecule has 124 valence electrons. The summed E-state index contributed by atoms with van der Waals surface area (Å²) < 4.78 is 26.5. The van der Waals surface area contributed by atoms with Crippen molar-refractivity contribution in [1.82, 2.24) is 0 Å². The van der Waals surface area contributed by atoms with Gasteiger partial charge in [0.15, 0.2) is 0 Å². The molecule has 6 heteroatoms. The van der Waals surface area contributed by atoms with Crippen molar-refractivity contribution < 1.29 is 18.4 Å².